The lowest BCUT2D eigenvalue weighted by molar-refractivity contribution is -0.115. The average Bonchev–Trinajstić information content (AvgIpc) is 2.67. The van der Waals surface area contributed by atoms with E-state index in [1.54, 1.807) is 24.4 Å². The van der Waals surface area contributed by atoms with Crippen molar-refractivity contribution in [1.82, 2.24) is 4.98 Å². The van der Waals surface area contributed by atoms with Gasteiger partial charge in [-0.2, -0.15) is 0 Å². The number of carbonyl (C=O) groups is 1. The van der Waals surface area contributed by atoms with Crippen molar-refractivity contribution in [3.8, 4) is 0 Å². The summed E-state index contributed by atoms with van der Waals surface area (Å²) in [5.74, 6) is 0.204. The van der Waals surface area contributed by atoms with Crippen LogP contribution in [-0.2, 0) is 17.6 Å². The predicted molar refractivity (Wildman–Crippen MR) is 106 cm³/mol. The Bertz CT molecular complexity index is 875. The SMILES string of the molecule is Cc1ccc(CC(=O)Nc2ccc(NCCc3ccc(F)cc3)cn2)cc1. The Balaban J connectivity index is 1.45. The van der Waals surface area contributed by atoms with Crippen LogP contribution in [0, 0.1) is 12.7 Å². The van der Waals surface area contributed by atoms with Crippen molar-refractivity contribution in [2.24, 2.45) is 0 Å². The molecule has 0 aliphatic carbocycles. The third kappa shape index (κ3) is 5.92. The van der Waals surface area contributed by atoms with Gasteiger partial charge in [-0.15, -0.1) is 0 Å². The topological polar surface area (TPSA) is 54.0 Å². The fourth-order valence-corrected chi connectivity index (χ4v) is 2.65. The molecule has 2 N–H and O–H groups in total. The van der Waals surface area contributed by atoms with Gasteiger partial charge in [0.2, 0.25) is 5.91 Å². The van der Waals surface area contributed by atoms with Crippen LogP contribution in [-0.4, -0.2) is 17.4 Å². The van der Waals surface area contributed by atoms with Gasteiger partial charge < -0.3 is 10.6 Å². The fraction of sp³-hybridized carbons (Fsp3) is 0.182. The van der Waals surface area contributed by atoms with E-state index < -0.39 is 0 Å². The minimum absolute atomic E-state index is 0.0941. The van der Waals surface area contributed by atoms with E-state index in [0.717, 1.165) is 23.2 Å². The third-order valence-corrected chi connectivity index (χ3v) is 4.17. The van der Waals surface area contributed by atoms with Crippen LogP contribution in [0.4, 0.5) is 15.9 Å². The van der Waals surface area contributed by atoms with Crippen LogP contribution < -0.4 is 10.6 Å². The van der Waals surface area contributed by atoms with Crippen LogP contribution >= 0.6 is 0 Å². The molecule has 5 heteroatoms. The quantitative estimate of drug-likeness (QED) is 0.656. The number of amides is 1. The molecule has 138 valence electrons. The van der Waals surface area contributed by atoms with Crippen LogP contribution in [0.15, 0.2) is 66.9 Å². The number of benzene rings is 2. The molecule has 3 aromatic rings. The van der Waals surface area contributed by atoms with Crippen molar-refractivity contribution in [3.63, 3.8) is 0 Å². The van der Waals surface area contributed by atoms with E-state index in [2.05, 4.69) is 15.6 Å². The summed E-state index contributed by atoms with van der Waals surface area (Å²) in [7, 11) is 0. The molecule has 1 amide bonds. The average molecular weight is 363 g/mol. The number of hydrogen-bond donors (Lipinski definition) is 2. The maximum Gasteiger partial charge on any atom is 0.229 e. The highest BCUT2D eigenvalue weighted by molar-refractivity contribution is 5.91. The van der Waals surface area contributed by atoms with Crippen molar-refractivity contribution in [2.45, 2.75) is 19.8 Å². The Morgan fingerprint density at radius 2 is 1.67 bits per heavy atom. The molecular formula is C22H22FN3O. The monoisotopic (exact) mass is 363 g/mol. The molecule has 0 radical (unpaired) electrons. The number of anilines is 2. The highest BCUT2D eigenvalue weighted by Crippen LogP contribution is 2.11. The highest BCUT2D eigenvalue weighted by Gasteiger charge is 2.05. The van der Waals surface area contributed by atoms with Crippen LogP contribution in [0.5, 0.6) is 0 Å². The lowest BCUT2D eigenvalue weighted by Gasteiger charge is -2.08. The molecule has 0 bridgehead atoms. The van der Waals surface area contributed by atoms with E-state index in [1.807, 2.05) is 37.3 Å². The Hall–Kier alpha value is -3.21. The summed E-state index contributed by atoms with van der Waals surface area (Å²) in [4.78, 5) is 16.4. The zero-order chi connectivity index (χ0) is 19.1. The number of hydrogen-bond acceptors (Lipinski definition) is 3. The maximum absolute atomic E-state index is 12.9. The third-order valence-electron chi connectivity index (χ3n) is 4.17. The van der Waals surface area contributed by atoms with Crippen LogP contribution in [0.3, 0.4) is 0 Å². The van der Waals surface area contributed by atoms with Gasteiger partial charge in [-0.1, -0.05) is 42.0 Å². The molecule has 0 saturated heterocycles. The van der Waals surface area contributed by atoms with E-state index in [4.69, 9.17) is 0 Å². The summed E-state index contributed by atoms with van der Waals surface area (Å²) >= 11 is 0. The summed E-state index contributed by atoms with van der Waals surface area (Å²) < 4.78 is 12.9. The van der Waals surface area contributed by atoms with Crippen LogP contribution in [0.25, 0.3) is 0 Å². The van der Waals surface area contributed by atoms with Gasteiger partial charge in [0.05, 0.1) is 18.3 Å². The summed E-state index contributed by atoms with van der Waals surface area (Å²) in [5, 5.41) is 6.07. The van der Waals surface area contributed by atoms with Crippen molar-refractivity contribution < 1.29 is 9.18 Å². The first-order valence-electron chi connectivity index (χ1n) is 8.88. The van der Waals surface area contributed by atoms with Gasteiger partial charge in [-0.3, -0.25) is 4.79 Å². The number of aryl methyl sites for hydroxylation is 1. The molecular weight excluding hydrogens is 341 g/mol. The van der Waals surface area contributed by atoms with Crippen LogP contribution in [0.2, 0.25) is 0 Å². The normalized spacial score (nSPS) is 10.4. The first-order chi connectivity index (χ1) is 13.1. The Morgan fingerprint density at radius 3 is 2.33 bits per heavy atom. The first kappa shape index (κ1) is 18.6. The summed E-state index contributed by atoms with van der Waals surface area (Å²) in [6.45, 7) is 2.73. The Morgan fingerprint density at radius 1 is 0.963 bits per heavy atom. The fourth-order valence-electron chi connectivity index (χ4n) is 2.65. The van der Waals surface area contributed by atoms with Gasteiger partial charge in [0.15, 0.2) is 0 Å². The number of aromatic nitrogens is 1. The van der Waals surface area contributed by atoms with Crippen molar-refractivity contribution in [1.29, 1.82) is 0 Å². The molecule has 1 heterocycles. The van der Waals surface area contributed by atoms with E-state index in [-0.39, 0.29) is 11.7 Å². The largest absolute Gasteiger partial charge is 0.383 e. The number of nitrogens with zero attached hydrogens (tertiary/aromatic N) is 1. The molecule has 0 fully saturated rings. The minimum atomic E-state index is -0.226. The molecule has 0 spiro atoms. The van der Waals surface area contributed by atoms with E-state index in [0.29, 0.717) is 18.8 Å². The van der Waals surface area contributed by atoms with Gasteiger partial charge in [0.1, 0.15) is 11.6 Å². The number of rotatable bonds is 7. The molecule has 4 nitrogen and oxygen atoms in total. The Kier molecular flexibility index (Phi) is 6.15. The van der Waals surface area contributed by atoms with Gasteiger partial charge in [0.25, 0.3) is 0 Å². The predicted octanol–water partition coefficient (Wildman–Crippen LogP) is 4.36. The lowest BCUT2D eigenvalue weighted by Crippen LogP contribution is -2.15. The second kappa shape index (κ2) is 8.94. The molecule has 2 aromatic carbocycles. The number of nitrogens with one attached hydrogen (secondary N) is 2. The molecule has 0 aliphatic rings. The van der Waals surface area contributed by atoms with E-state index in [9.17, 15) is 9.18 Å². The molecule has 1 aromatic heterocycles. The molecule has 0 unspecified atom stereocenters. The minimum Gasteiger partial charge on any atom is -0.383 e. The van der Waals surface area contributed by atoms with Crippen molar-refractivity contribution >= 4 is 17.4 Å². The lowest BCUT2D eigenvalue weighted by atomic mass is 10.1. The summed E-state index contributed by atoms with van der Waals surface area (Å²) in [5.41, 5.74) is 4.08. The second-order valence-electron chi connectivity index (χ2n) is 6.45. The summed E-state index contributed by atoms with van der Waals surface area (Å²) in [6.07, 6.45) is 2.79. The molecule has 27 heavy (non-hydrogen) atoms. The van der Waals surface area contributed by atoms with Crippen molar-refractivity contribution in [2.75, 3.05) is 17.2 Å². The van der Waals surface area contributed by atoms with E-state index in [1.165, 1.54) is 17.7 Å². The molecule has 0 aliphatic heterocycles. The molecule has 3 rings (SSSR count). The smallest absolute Gasteiger partial charge is 0.229 e. The molecule has 0 saturated carbocycles. The van der Waals surface area contributed by atoms with Gasteiger partial charge >= 0.3 is 0 Å². The Labute approximate surface area is 158 Å². The van der Waals surface area contributed by atoms with Crippen molar-refractivity contribution in [3.05, 3.63) is 89.4 Å². The zero-order valence-electron chi connectivity index (χ0n) is 15.2. The second-order valence-corrected chi connectivity index (χ2v) is 6.45. The standard InChI is InChI=1S/C22H22FN3O/c1-16-2-4-18(5-3-16)14-22(27)26-21-11-10-20(15-25-21)24-13-12-17-6-8-19(23)9-7-17/h2-11,15,24H,12-14H2,1H3,(H,25,26,27). The number of pyridine rings is 1. The summed E-state index contributed by atoms with van der Waals surface area (Å²) in [6, 6.07) is 18.0. The maximum atomic E-state index is 12.9. The van der Waals surface area contributed by atoms with Gasteiger partial charge in [-0.25, -0.2) is 9.37 Å². The highest BCUT2D eigenvalue weighted by atomic mass is 19.1. The van der Waals surface area contributed by atoms with Crippen LogP contribution in [0.1, 0.15) is 16.7 Å². The molecule has 0 atom stereocenters. The number of halogens is 1. The van der Waals surface area contributed by atoms with Gasteiger partial charge in [-0.05, 0) is 48.7 Å². The van der Waals surface area contributed by atoms with Gasteiger partial charge in [0, 0.05) is 6.54 Å². The first-order valence-corrected chi connectivity index (χ1v) is 8.88. The number of carbonyl (C=O) groups excluding carboxylic acids is 1. The van der Waals surface area contributed by atoms with E-state index >= 15 is 0 Å². The zero-order valence-corrected chi connectivity index (χ0v) is 15.2.